The molecule has 0 aliphatic carbocycles. The minimum absolute atomic E-state index is 0.154. The highest BCUT2D eigenvalue weighted by Gasteiger charge is 2.52. The average molecular weight is 565 g/mol. The Labute approximate surface area is 244 Å². The van der Waals surface area contributed by atoms with Crippen LogP contribution in [0.5, 0.6) is 5.75 Å². The van der Waals surface area contributed by atoms with Crippen LogP contribution in [0.3, 0.4) is 0 Å². The molecule has 0 saturated carbocycles. The second kappa shape index (κ2) is 15.3. The number of methoxy groups -OCH3 is 1. The van der Waals surface area contributed by atoms with Crippen molar-refractivity contribution in [1.29, 1.82) is 0 Å². The van der Waals surface area contributed by atoms with Crippen LogP contribution in [0.4, 0.5) is 4.79 Å². The molecule has 0 aromatic heterocycles. The third-order valence-corrected chi connectivity index (χ3v) is 9.29. The van der Waals surface area contributed by atoms with Crippen molar-refractivity contribution in [2.75, 3.05) is 26.1 Å². The zero-order valence-electron chi connectivity index (χ0n) is 24.2. The fraction of sp³-hybridized carbons (Fsp3) is 0.515. The SMILES string of the molecule is COc1ccc(CN2C(=O)N(Cc3ccc(C)cc3)[C@@H]3[C@H](CCCCCOCC=CCCC(C)=O)SC[C@@H]32)cc1. The molecule has 2 aliphatic heterocycles. The van der Waals surface area contributed by atoms with Gasteiger partial charge in [0.15, 0.2) is 0 Å². The average Bonchev–Trinajstić information content (AvgIpc) is 3.47. The molecule has 2 saturated heterocycles. The van der Waals surface area contributed by atoms with E-state index in [2.05, 4.69) is 53.1 Å². The van der Waals surface area contributed by atoms with Crippen LogP contribution in [0.2, 0.25) is 0 Å². The van der Waals surface area contributed by atoms with Gasteiger partial charge in [0.25, 0.3) is 0 Å². The highest BCUT2D eigenvalue weighted by molar-refractivity contribution is 8.00. The van der Waals surface area contributed by atoms with E-state index in [1.165, 1.54) is 11.1 Å². The van der Waals surface area contributed by atoms with Crippen LogP contribution in [0, 0.1) is 6.92 Å². The summed E-state index contributed by atoms with van der Waals surface area (Å²) in [5.74, 6) is 2.04. The Kier molecular flexibility index (Phi) is 11.5. The molecule has 0 spiro atoms. The van der Waals surface area contributed by atoms with Crippen molar-refractivity contribution in [3.05, 3.63) is 77.4 Å². The number of unbranched alkanes of at least 4 members (excludes halogenated alkanes) is 2. The molecule has 2 aromatic carbocycles. The van der Waals surface area contributed by atoms with E-state index in [0.29, 0.717) is 31.4 Å². The van der Waals surface area contributed by atoms with Crippen LogP contribution in [-0.2, 0) is 22.6 Å². The molecule has 3 atom stereocenters. The van der Waals surface area contributed by atoms with Gasteiger partial charge >= 0.3 is 6.03 Å². The number of ether oxygens (including phenoxy) is 2. The molecular weight excluding hydrogens is 520 g/mol. The van der Waals surface area contributed by atoms with E-state index in [4.69, 9.17) is 9.47 Å². The molecular formula is C33H44N2O4S. The molecule has 216 valence electrons. The topological polar surface area (TPSA) is 59.1 Å². The molecule has 2 aromatic rings. The number of amides is 2. The van der Waals surface area contributed by atoms with Crippen molar-refractivity contribution in [3.63, 3.8) is 0 Å². The summed E-state index contributed by atoms with van der Waals surface area (Å²) in [7, 11) is 1.67. The third-order valence-electron chi connectivity index (χ3n) is 7.81. The maximum atomic E-state index is 13.8. The molecule has 6 nitrogen and oxygen atoms in total. The molecule has 40 heavy (non-hydrogen) atoms. The normalized spacial score (nSPS) is 20.5. The van der Waals surface area contributed by atoms with E-state index in [-0.39, 0.29) is 23.9 Å². The number of carbonyl (C=O) groups is 2. The van der Waals surface area contributed by atoms with Gasteiger partial charge in [0.1, 0.15) is 11.5 Å². The maximum absolute atomic E-state index is 13.8. The molecule has 0 radical (unpaired) electrons. The summed E-state index contributed by atoms with van der Waals surface area (Å²) >= 11 is 2.04. The number of hydrogen-bond acceptors (Lipinski definition) is 5. The summed E-state index contributed by atoms with van der Waals surface area (Å²) in [6, 6.07) is 17.2. The number of rotatable bonds is 16. The first kappa shape index (κ1) is 30.2. The quantitative estimate of drug-likeness (QED) is 0.128. The Morgan fingerprint density at radius 3 is 2.38 bits per heavy atom. The fourth-order valence-electron chi connectivity index (χ4n) is 5.56. The van der Waals surface area contributed by atoms with Gasteiger partial charge in [-0.3, -0.25) is 0 Å². The van der Waals surface area contributed by atoms with Gasteiger partial charge in [-0.2, -0.15) is 11.8 Å². The minimum atomic E-state index is 0.154. The number of thioether (sulfide) groups is 1. The molecule has 7 heteroatoms. The van der Waals surface area contributed by atoms with Crippen LogP contribution in [-0.4, -0.2) is 65.0 Å². The Balaban J connectivity index is 1.31. The van der Waals surface area contributed by atoms with Gasteiger partial charge in [-0.15, -0.1) is 0 Å². The van der Waals surface area contributed by atoms with Crippen LogP contribution in [0.1, 0.15) is 62.1 Å². The second-order valence-electron chi connectivity index (χ2n) is 10.9. The molecule has 0 N–H and O–H groups in total. The number of ketones is 1. The van der Waals surface area contributed by atoms with Gasteiger partial charge in [0.2, 0.25) is 0 Å². The van der Waals surface area contributed by atoms with E-state index in [0.717, 1.165) is 55.8 Å². The second-order valence-corrected chi connectivity index (χ2v) is 12.2. The summed E-state index contributed by atoms with van der Waals surface area (Å²) in [6.07, 6.45) is 9.86. The van der Waals surface area contributed by atoms with Crippen LogP contribution < -0.4 is 4.74 Å². The van der Waals surface area contributed by atoms with Gasteiger partial charge in [-0.05, 0) is 56.4 Å². The molecule has 2 aliphatic rings. The van der Waals surface area contributed by atoms with Crippen LogP contribution in [0.25, 0.3) is 0 Å². The van der Waals surface area contributed by atoms with Crippen LogP contribution >= 0.6 is 11.8 Å². The summed E-state index contributed by atoms with van der Waals surface area (Å²) in [5, 5.41) is 0.449. The lowest BCUT2D eigenvalue weighted by Gasteiger charge is -2.27. The standard InChI is InChI=1S/C33H44N2O4S/c1-25-12-14-27(15-13-25)23-35-32-30(34(33(35)37)22-28-16-18-29(38-3)19-17-28)24-40-31(32)11-7-5-9-21-39-20-8-4-6-10-26(2)36/h4,8,12-19,30-32H,5-7,9-11,20-24H2,1-3H3/t30-,31-,32-/m0/s1. The van der Waals surface area contributed by atoms with Gasteiger partial charge in [0, 0.05) is 37.1 Å². The highest BCUT2D eigenvalue weighted by Crippen LogP contribution is 2.43. The number of hydrogen-bond donors (Lipinski definition) is 0. The predicted molar refractivity (Wildman–Crippen MR) is 163 cm³/mol. The van der Waals surface area contributed by atoms with Crippen molar-refractivity contribution < 1.29 is 19.1 Å². The summed E-state index contributed by atoms with van der Waals surface area (Å²) in [4.78, 5) is 29.0. The Morgan fingerprint density at radius 1 is 0.975 bits per heavy atom. The van der Waals surface area contributed by atoms with Gasteiger partial charge in [0.05, 0.1) is 25.8 Å². The van der Waals surface area contributed by atoms with E-state index in [1.54, 1.807) is 14.0 Å². The Bertz CT molecular complexity index is 1120. The summed E-state index contributed by atoms with van der Waals surface area (Å²) in [5.41, 5.74) is 3.55. The van der Waals surface area contributed by atoms with Gasteiger partial charge < -0.3 is 24.1 Å². The number of allylic oxidation sites excluding steroid dienone is 1. The first-order chi connectivity index (χ1) is 19.5. The Hall–Kier alpha value is -2.77. The molecule has 2 heterocycles. The molecule has 4 rings (SSSR count). The molecule has 2 fully saturated rings. The van der Waals surface area contributed by atoms with E-state index in [9.17, 15) is 9.59 Å². The van der Waals surface area contributed by atoms with Crippen molar-refractivity contribution in [2.45, 2.75) is 82.8 Å². The fourth-order valence-corrected chi connectivity index (χ4v) is 7.24. The van der Waals surface area contributed by atoms with Crippen LogP contribution in [0.15, 0.2) is 60.7 Å². The van der Waals surface area contributed by atoms with Gasteiger partial charge in [-0.25, -0.2) is 4.79 Å². The van der Waals surface area contributed by atoms with Crippen molar-refractivity contribution >= 4 is 23.6 Å². The Morgan fingerprint density at radius 2 is 1.68 bits per heavy atom. The zero-order chi connectivity index (χ0) is 28.3. The molecule has 0 bridgehead atoms. The number of benzene rings is 2. The number of fused-ring (bicyclic) bond motifs is 1. The number of aryl methyl sites for hydroxylation is 1. The number of Topliss-reactive ketones (excluding diaryl/α,β-unsaturated/α-hetero) is 1. The van der Waals surface area contributed by atoms with Crippen molar-refractivity contribution in [3.8, 4) is 5.75 Å². The monoisotopic (exact) mass is 564 g/mol. The number of carbonyl (C=O) groups excluding carboxylic acids is 2. The lowest BCUT2D eigenvalue weighted by Crippen LogP contribution is -2.40. The smallest absolute Gasteiger partial charge is 0.321 e. The molecule has 0 unspecified atom stereocenters. The minimum Gasteiger partial charge on any atom is -0.497 e. The first-order valence-electron chi connectivity index (χ1n) is 14.6. The predicted octanol–water partition coefficient (Wildman–Crippen LogP) is 6.80. The molecule has 2 amide bonds. The highest BCUT2D eigenvalue weighted by atomic mass is 32.2. The van der Waals surface area contributed by atoms with E-state index < -0.39 is 0 Å². The number of nitrogens with zero attached hydrogens (tertiary/aromatic N) is 2. The maximum Gasteiger partial charge on any atom is 0.321 e. The van der Waals surface area contributed by atoms with E-state index >= 15 is 0 Å². The lowest BCUT2D eigenvalue weighted by molar-refractivity contribution is -0.116. The van der Waals surface area contributed by atoms with Crippen molar-refractivity contribution in [2.24, 2.45) is 0 Å². The summed E-state index contributed by atoms with van der Waals surface area (Å²) < 4.78 is 11.0. The van der Waals surface area contributed by atoms with Crippen molar-refractivity contribution in [1.82, 2.24) is 9.80 Å². The number of urea groups is 1. The van der Waals surface area contributed by atoms with E-state index in [1.807, 2.05) is 36.0 Å². The lowest BCUT2D eigenvalue weighted by atomic mass is 10.00. The first-order valence-corrected chi connectivity index (χ1v) is 15.6. The zero-order valence-corrected chi connectivity index (χ0v) is 25.0. The summed E-state index contributed by atoms with van der Waals surface area (Å²) in [6.45, 7) is 6.38. The third kappa shape index (κ3) is 8.37. The van der Waals surface area contributed by atoms with Gasteiger partial charge in [-0.1, -0.05) is 67.0 Å². The largest absolute Gasteiger partial charge is 0.497 e.